The number of benzene rings is 1. The predicted molar refractivity (Wildman–Crippen MR) is 122 cm³/mol. The maximum Gasteiger partial charge on any atom is 0.437 e. The van der Waals surface area contributed by atoms with E-state index in [0.717, 1.165) is 29.4 Å². The van der Waals surface area contributed by atoms with Crippen LogP contribution < -0.4 is 10.3 Å². The van der Waals surface area contributed by atoms with Crippen LogP contribution in [0.2, 0.25) is 0 Å². The van der Waals surface area contributed by atoms with Crippen LogP contribution in [0.15, 0.2) is 53.9 Å². The predicted octanol–water partition coefficient (Wildman–Crippen LogP) is 4.99. The molecule has 186 valence electrons. The molecule has 35 heavy (non-hydrogen) atoms. The minimum absolute atomic E-state index is 0.0970. The van der Waals surface area contributed by atoms with Gasteiger partial charge < -0.3 is 15.2 Å². The number of imide groups is 1. The minimum atomic E-state index is -4.70. The van der Waals surface area contributed by atoms with Gasteiger partial charge >= 0.3 is 12.3 Å². The number of halogens is 4. The standard InChI is InChI=1S/C22H20F4N4O4S/c1-21(2,3)34-20(33)30-19(32)17(18(35)28-13-6-4-12(23)5-7-13)15(31)11-29(30)14-8-9-16(27-10-14)22(24,25)26/h4-10,31H,11H2,1-3H3,(H,28,35). The monoisotopic (exact) mass is 512 g/mol. The molecule has 0 bridgehead atoms. The van der Waals surface area contributed by atoms with Crippen molar-refractivity contribution in [1.82, 2.24) is 9.99 Å². The molecule has 1 aromatic carbocycles. The van der Waals surface area contributed by atoms with Crippen LogP contribution >= 0.6 is 12.2 Å². The van der Waals surface area contributed by atoms with E-state index in [-0.39, 0.29) is 10.7 Å². The highest BCUT2D eigenvalue weighted by atomic mass is 32.1. The first-order chi connectivity index (χ1) is 16.2. The van der Waals surface area contributed by atoms with Gasteiger partial charge in [-0.3, -0.25) is 9.80 Å². The van der Waals surface area contributed by atoms with E-state index in [1.165, 1.54) is 12.1 Å². The summed E-state index contributed by atoms with van der Waals surface area (Å²) < 4.78 is 57.2. The number of pyridine rings is 1. The highest BCUT2D eigenvalue weighted by molar-refractivity contribution is 7.81. The lowest BCUT2D eigenvalue weighted by molar-refractivity contribution is -0.141. The van der Waals surface area contributed by atoms with Crippen molar-refractivity contribution in [1.29, 1.82) is 0 Å². The Morgan fingerprint density at radius 1 is 1.14 bits per heavy atom. The zero-order chi connectivity index (χ0) is 26.1. The van der Waals surface area contributed by atoms with Crippen LogP contribution in [-0.4, -0.2) is 44.2 Å². The van der Waals surface area contributed by atoms with Crippen LogP contribution in [-0.2, 0) is 15.7 Å². The van der Waals surface area contributed by atoms with Crippen molar-refractivity contribution in [3.05, 3.63) is 65.4 Å². The fourth-order valence-electron chi connectivity index (χ4n) is 2.99. The summed E-state index contributed by atoms with van der Waals surface area (Å²) in [5, 5.41) is 14.7. The van der Waals surface area contributed by atoms with Crippen molar-refractivity contribution in [2.24, 2.45) is 0 Å². The molecule has 2 N–H and O–H groups in total. The molecule has 0 saturated carbocycles. The van der Waals surface area contributed by atoms with Crippen molar-refractivity contribution in [3.8, 4) is 0 Å². The molecule has 0 fully saturated rings. The van der Waals surface area contributed by atoms with Crippen LogP contribution in [0.4, 0.5) is 33.7 Å². The first kappa shape index (κ1) is 25.9. The average Bonchev–Trinajstić information content (AvgIpc) is 2.73. The van der Waals surface area contributed by atoms with Crippen molar-refractivity contribution in [2.75, 3.05) is 16.9 Å². The largest absolute Gasteiger partial charge is 0.509 e. The molecule has 0 saturated heterocycles. The lowest BCUT2D eigenvalue weighted by atomic mass is 10.1. The summed E-state index contributed by atoms with van der Waals surface area (Å²) in [6.45, 7) is 4.15. The minimum Gasteiger partial charge on any atom is -0.509 e. The molecule has 2 heterocycles. The number of thiocarbonyl (C=S) groups is 1. The van der Waals surface area contributed by atoms with Crippen LogP contribution in [0.1, 0.15) is 26.5 Å². The number of anilines is 2. The Bertz CT molecular complexity index is 1180. The number of aromatic nitrogens is 1. The number of nitrogens with one attached hydrogen (secondary N) is 1. The molecule has 3 rings (SSSR count). The van der Waals surface area contributed by atoms with Crippen LogP contribution in [0, 0.1) is 5.82 Å². The molecular formula is C22H20F4N4O4S. The summed E-state index contributed by atoms with van der Waals surface area (Å²) in [4.78, 5) is 29.3. The number of carbonyl (C=O) groups is 2. The molecular weight excluding hydrogens is 492 g/mol. The van der Waals surface area contributed by atoms with Gasteiger partial charge in [0.15, 0.2) is 0 Å². The number of hydrogen-bond donors (Lipinski definition) is 2. The molecule has 0 unspecified atom stereocenters. The maximum absolute atomic E-state index is 13.3. The summed E-state index contributed by atoms with van der Waals surface area (Å²) in [5.41, 5.74) is -2.44. The van der Waals surface area contributed by atoms with Crippen molar-refractivity contribution < 1.29 is 37.0 Å². The summed E-state index contributed by atoms with van der Waals surface area (Å²) >= 11 is 5.23. The Hall–Kier alpha value is -3.74. The second-order valence-electron chi connectivity index (χ2n) is 8.34. The summed E-state index contributed by atoms with van der Waals surface area (Å²) in [7, 11) is 0. The van der Waals surface area contributed by atoms with E-state index in [2.05, 4.69) is 10.3 Å². The van der Waals surface area contributed by atoms with E-state index in [1.54, 1.807) is 20.8 Å². The molecule has 13 heteroatoms. The number of aliphatic hydroxyl groups excluding tert-OH is 1. The number of alkyl halides is 3. The molecule has 1 aliphatic rings. The van der Waals surface area contributed by atoms with Gasteiger partial charge in [-0.15, -0.1) is 5.01 Å². The maximum atomic E-state index is 13.3. The number of carbonyl (C=O) groups excluding carboxylic acids is 2. The zero-order valence-corrected chi connectivity index (χ0v) is 19.5. The first-order valence-electron chi connectivity index (χ1n) is 10.0. The third kappa shape index (κ3) is 6.04. The number of rotatable bonds is 3. The molecule has 2 amide bonds. The number of hydrogen-bond acceptors (Lipinski definition) is 7. The average molecular weight is 512 g/mol. The Kier molecular flexibility index (Phi) is 7.01. The van der Waals surface area contributed by atoms with Crippen LogP contribution in [0.3, 0.4) is 0 Å². The molecule has 0 atom stereocenters. The summed E-state index contributed by atoms with van der Waals surface area (Å²) in [6, 6.07) is 6.65. The third-order valence-electron chi connectivity index (χ3n) is 4.47. The van der Waals surface area contributed by atoms with E-state index in [1.807, 2.05) is 0 Å². The Morgan fingerprint density at radius 3 is 2.29 bits per heavy atom. The Morgan fingerprint density at radius 2 is 1.77 bits per heavy atom. The highest BCUT2D eigenvalue weighted by Crippen LogP contribution is 2.31. The van der Waals surface area contributed by atoms with Crippen molar-refractivity contribution in [3.63, 3.8) is 0 Å². The van der Waals surface area contributed by atoms with Gasteiger partial charge in [0, 0.05) is 5.69 Å². The Balaban J connectivity index is 2.00. The van der Waals surface area contributed by atoms with Gasteiger partial charge in [0.25, 0.3) is 5.91 Å². The number of nitrogens with zero attached hydrogens (tertiary/aromatic N) is 3. The van der Waals surface area contributed by atoms with Gasteiger partial charge in [0.2, 0.25) is 0 Å². The van der Waals surface area contributed by atoms with Crippen molar-refractivity contribution in [2.45, 2.75) is 32.5 Å². The molecule has 0 radical (unpaired) electrons. The second kappa shape index (κ2) is 9.49. The fourth-order valence-corrected chi connectivity index (χ4v) is 3.31. The molecule has 8 nitrogen and oxygen atoms in total. The van der Waals surface area contributed by atoms with Gasteiger partial charge in [0.1, 0.15) is 33.4 Å². The summed E-state index contributed by atoms with van der Waals surface area (Å²) in [5.74, 6) is -2.16. The number of amides is 2. The molecule has 2 aromatic rings. The smallest absolute Gasteiger partial charge is 0.437 e. The van der Waals surface area contributed by atoms with Crippen molar-refractivity contribution >= 4 is 40.6 Å². The fraction of sp³-hybridized carbons (Fsp3) is 0.273. The lowest BCUT2D eigenvalue weighted by Gasteiger charge is -2.39. The van der Waals surface area contributed by atoms with Crippen LogP contribution in [0.5, 0.6) is 0 Å². The van der Waals surface area contributed by atoms with Gasteiger partial charge in [-0.2, -0.15) is 13.2 Å². The molecule has 0 spiro atoms. The van der Waals surface area contributed by atoms with Gasteiger partial charge in [-0.05, 0) is 57.2 Å². The van der Waals surface area contributed by atoms with E-state index in [4.69, 9.17) is 17.0 Å². The first-order valence-corrected chi connectivity index (χ1v) is 10.5. The highest BCUT2D eigenvalue weighted by Gasteiger charge is 2.42. The van der Waals surface area contributed by atoms with E-state index in [0.29, 0.717) is 16.8 Å². The number of aliphatic hydroxyl groups is 1. The lowest BCUT2D eigenvalue weighted by Crippen LogP contribution is -2.57. The molecule has 1 aromatic heterocycles. The van der Waals surface area contributed by atoms with Gasteiger partial charge in [0.05, 0.1) is 18.4 Å². The third-order valence-corrected chi connectivity index (χ3v) is 4.77. The zero-order valence-electron chi connectivity index (χ0n) is 18.7. The van der Waals surface area contributed by atoms with Gasteiger partial charge in [-0.25, -0.2) is 14.2 Å². The van der Waals surface area contributed by atoms with Gasteiger partial charge in [-0.1, -0.05) is 12.2 Å². The SMILES string of the molecule is CC(C)(C)OC(=O)N1C(=O)C(C(=S)Nc2ccc(F)cc2)=C(O)CN1c1ccc(C(F)(F)F)nc1. The molecule has 1 aliphatic heterocycles. The Labute approximate surface area is 202 Å². The van der Waals surface area contributed by atoms with Crippen LogP contribution in [0.25, 0.3) is 0 Å². The topological polar surface area (TPSA) is 95.0 Å². The van der Waals surface area contributed by atoms with E-state index in [9.17, 15) is 32.3 Å². The second-order valence-corrected chi connectivity index (χ2v) is 8.75. The summed E-state index contributed by atoms with van der Waals surface area (Å²) in [6.07, 6.45) is -5.05. The van der Waals surface area contributed by atoms with E-state index >= 15 is 0 Å². The van der Waals surface area contributed by atoms with E-state index < -0.39 is 53.2 Å². The quantitative estimate of drug-likeness (QED) is 0.439. The molecule has 0 aliphatic carbocycles. The number of hydrazine groups is 1. The normalized spacial score (nSPS) is 14.8. The number of ether oxygens (including phenoxy) is 1.